The molecule has 4 atom stereocenters. The van der Waals surface area contributed by atoms with Gasteiger partial charge in [0, 0.05) is 23.7 Å². The Balaban J connectivity index is 2.05. The van der Waals surface area contributed by atoms with E-state index in [-0.39, 0.29) is 17.6 Å². The summed E-state index contributed by atoms with van der Waals surface area (Å²) in [6, 6.07) is 4.81. The highest BCUT2D eigenvalue weighted by molar-refractivity contribution is 5.29. The lowest BCUT2D eigenvalue weighted by molar-refractivity contribution is 0.343. The van der Waals surface area contributed by atoms with Gasteiger partial charge in [0.15, 0.2) is 0 Å². The molecule has 3 heteroatoms. The average molecular weight is 251 g/mol. The number of phenols is 1. The number of nitrogens with one attached hydrogen (secondary N) is 1. The van der Waals surface area contributed by atoms with Gasteiger partial charge < -0.3 is 10.4 Å². The molecule has 0 aliphatic heterocycles. The molecular formula is C15H22FNO. The van der Waals surface area contributed by atoms with Gasteiger partial charge in [-0.05, 0) is 37.7 Å². The fourth-order valence-corrected chi connectivity index (χ4v) is 2.88. The summed E-state index contributed by atoms with van der Waals surface area (Å²) in [7, 11) is 0. The molecule has 0 radical (unpaired) electrons. The second-order valence-corrected chi connectivity index (χ2v) is 5.61. The van der Waals surface area contributed by atoms with Gasteiger partial charge in [0.25, 0.3) is 0 Å². The van der Waals surface area contributed by atoms with E-state index in [0.29, 0.717) is 17.5 Å². The third-order valence-corrected chi connectivity index (χ3v) is 4.38. The quantitative estimate of drug-likeness (QED) is 0.860. The summed E-state index contributed by atoms with van der Waals surface area (Å²) in [4.78, 5) is 0. The Morgan fingerprint density at radius 1 is 1.33 bits per heavy atom. The normalized spacial score (nSPS) is 29.4. The van der Waals surface area contributed by atoms with Gasteiger partial charge in [-0.2, -0.15) is 0 Å². The van der Waals surface area contributed by atoms with Crippen LogP contribution in [0.15, 0.2) is 18.2 Å². The highest BCUT2D eigenvalue weighted by Crippen LogP contribution is 2.33. The Hall–Kier alpha value is -1.09. The van der Waals surface area contributed by atoms with Crippen LogP contribution in [0.5, 0.6) is 5.75 Å². The first-order valence-corrected chi connectivity index (χ1v) is 6.73. The van der Waals surface area contributed by atoms with Gasteiger partial charge in [-0.15, -0.1) is 0 Å². The maximum atomic E-state index is 13.7. The van der Waals surface area contributed by atoms with Crippen molar-refractivity contribution in [2.75, 3.05) is 0 Å². The number of aromatic hydroxyl groups is 1. The van der Waals surface area contributed by atoms with Crippen LogP contribution in [0.3, 0.4) is 0 Å². The van der Waals surface area contributed by atoms with Crippen molar-refractivity contribution in [3.8, 4) is 5.75 Å². The van der Waals surface area contributed by atoms with E-state index >= 15 is 0 Å². The van der Waals surface area contributed by atoms with Crippen molar-refractivity contribution in [1.29, 1.82) is 0 Å². The zero-order chi connectivity index (χ0) is 13.3. The van der Waals surface area contributed by atoms with E-state index in [9.17, 15) is 9.50 Å². The zero-order valence-electron chi connectivity index (χ0n) is 11.3. The number of hydrogen-bond acceptors (Lipinski definition) is 2. The standard InChI is InChI=1S/C15H22FNO/c1-9-4-7-15(10(9)2)17-11(3)13-6-5-12(18)8-14(13)16/h5-6,8-11,15,17-18H,4,7H2,1-3H3. The van der Waals surface area contributed by atoms with E-state index in [2.05, 4.69) is 19.2 Å². The molecule has 1 saturated carbocycles. The second-order valence-electron chi connectivity index (χ2n) is 5.61. The first-order valence-electron chi connectivity index (χ1n) is 6.73. The molecule has 2 nitrogen and oxygen atoms in total. The summed E-state index contributed by atoms with van der Waals surface area (Å²) in [5.41, 5.74) is 0.625. The molecule has 18 heavy (non-hydrogen) atoms. The van der Waals surface area contributed by atoms with Crippen LogP contribution in [-0.2, 0) is 0 Å². The molecule has 0 bridgehead atoms. The van der Waals surface area contributed by atoms with Gasteiger partial charge in [0.05, 0.1) is 0 Å². The summed E-state index contributed by atoms with van der Waals surface area (Å²) in [6.45, 7) is 6.51. The lowest BCUT2D eigenvalue weighted by atomic mass is 9.96. The summed E-state index contributed by atoms with van der Waals surface area (Å²) >= 11 is 0. The van der Waals surface area contributed by atoms with Crippen molar-refractivity contribution >= 4 is 0 Å². The van der Waals surface area contributed by atoms with Crippen LogP contribution in [0.25, 0.3) is 0 Å². The van der Waals surface area contributed by atoms with Gasteiger partial charge in [-0.3, -0.25) is 0 Å². The topological polar surface area (TPSA) is 32.3 Å². The van der Waals surface area contributed by atoms with Gasteiger partial charge in [0.1, 0.15) is 11.6 Å². The highest BCUT2D eigenvalue weighted by Gasteiger charge is 2.30. The molecule has 2 N–H and O–H groups in total. The predicted molar refractivity (Wildman–Crippen MR) is 71.0 cm³/mol. The smallest absolute Gasteiger partial charge is 0.131 e. The van der Waals surface area contributed by atoms with Gasteiger partial charge in [-0.25, -0.2) is 4.39 Å². The number of hydrogen-bond donors (Lipinski definition) is 2. The van der Waals surface area contributed by atoms with Crippen molar-refractivity contribution in [2.45, 2.75) is 45.7 Å². The fourth-order valence-electron chi connectivity index (χ4n) is 2.88. The van der Waals surface area contributed by atoms with Crippen molar-refractivity contribution < 1.29 is 9.50 Å². The van der Waals surface area contributed by atoms with E-state index in [0.717, 1.165) is 12.3 Å². The zero-order valence-corrected chi connectivity index (χ0v) is 11.3. The molecule has 1 aliphatic carbocycles. The maximum absolute atomic E-state index is 13.7. The number of benzene rings is 1. The molecule has 0 aromatic heterocycles. The molecule has 0 saturated heterocycles. The van der Waals surface area contributed by atoms with Gasteiger partial charge in [0.2, 0.25) is 0 Å². The lowest BCUT2D eigenvalue weighted by Gasteiger charge is -2.24. The van der Waals surface area contributed by atoms with Crippen LogP contribution in [0, 0.1) is 17.7 Å². The minimum Gasteiger partial charge on any atom is -0.508 e. The number of phenolic OH excluding ortho intramolecular Hbond substituents is 1. The number of rotatable bonds is 3. The first kappa shape index (κ1) is 13.3. The third-order valence-electron chi connectivity index (χ3n) is 4.38. The molecular weight excluding hydrogens is 229 g/mol. The summed E-state index contributed by atoms with van der Waals surface area (Å²) in [5.74, 6) is 1.01. The van der Waals surface area contributed by atoms with Crippen LogP contribution in [0.1, 0.15) is 45.2 Å². The maximum Gasteiger partial charge on any atom is 0.131 e. The summed E-state index contributed by atoms with van der Waals surface area (Å²) in [5, 5.41) is 12.7. The molecule has 4 unspecified atom stereocenters. The van der Waals surface area contributed by atoms with E-state index in [1.54, 1.807) is 6.07 Å². The fraction of sp³-hybridized carbons (Fsp3) is 0.600. The molecule has 0 spiro atoms. The van der Waals surface area contributed by atoms with E-state index in [4.69, 9.17) is 0 Å². The molecule has 0 amide bonds. The molecule has 1 fully saturated rings. The van der Waals surface area contributed by atoms with Crippen LogP contribution >= 0.6 is 0 Å². The monoisotopic (exact) mass is 251 g/mol. The van der Waals surface area contributed by atoms with E-state index in [1.165, 1.54) is 18.6 Å². The van der Waals surface area contributed by atoms with Crippen molar-refractivity contribution in [2.24, 2.45) is 11.8 Å². The molecule has 100 valence electrons. The number of halogens is 1. The Morgan fingerprint density at radius 3 is 2.61 bits per heavy atom. The molecule has 1 aliphatic rings. The predicted octanol–water partition coefficient (Wildman–Crippen LogP) is 3.62. The minimum atomic E-state index is -0.339. The Labute approximate surface area is 108 Å². The van der Waals surface area contributed by atoms with E-state index < -0.39 is 0 Å². The average Bonchev–Trinajstić information content (AvgIpc) is 2.61. The SMILES string of the molecule is CC(NC1CCC(C)C1C)c1ccc(O)cc1F. The van der Waals surface area contributed by atoms with Crippen molar-refractivity contribution in [3.05, 3.63) is 29.6 Å². The molecule has 2 rings (SSSR count). The third kappa shape index (κ3) is 2.66. The summed E-state index contributed by atoms with van der Waals surface area (Å²) < 4.78 is 13.7. The lowest BCUT2D eigenvalue weighted by Crippen LogP contribution is -2.34. The molecule has 0 heterocycles. The van der Waals surface area contributed by atoms with Crippen molar-refractivity contribution in [1.82, 2.24) is 5.32 Å². The first-order chi connectivity index (χ1) is 8.49. The largest absolute Gasteiger partial charge is 0.508 e. The van der Waals surface area contributed by atoms with Crippen LogP contribution in [0.2, 0.25) is 0 Å². The van der Waals surface area contributed by atoms with Gasteiger partial charge >= 0.3 is 0 Å². The highest BCUT2D eigenvalue weighted by atomic mass is 19.1. The second kappa shape index (κ2) is 5.27. The van der Waals surface area contributed by atoms with Crippen LogP contribution in [-0.4, -0.2) is 11.1 Å². The van der Waals surface area contributed by atoms with Crippen LogP contribution < -0.4 is 5.32 Å². The summed E-state index contributed by atoms with van der Waals surface area (Å²) in [6.07, 6.45) is 2.40. The molecule has 1 aromatic rings. The Bertz CT molecular complexity index is 421. The van der Waals surface area contributed by atoms with E-state index in [1.807, 2.05) is 6.92 Å². The van der Waals surface area contributed by atoms with Gasteiger partial charge in [-0.1, -0.05) is 19.9 Å². The van der Waals surface area contributed by atoms with Crippen molar-refractivity contribution in [3.63, 3.8) is 0 Å². The Kier molecular flexibility index (Phi) is 3.91. The minimum absolute atomic E-state index is 0.0219. The Morgan fingerprint density at radius 2 is 2.06 bits per heavy atom. The van der Waals surface area contributed by atoms with Crippen LogP contribution in [0.4, 0.5) is 4.39 Å². The molecule has 1 aromatic carbocycles.